The minimum Gasteiger partial charge on any atom is -0.309 e. The standard InChI is InChI=1S/C13H23N3O3/c1-4-7-10-11(17)14-13(19)16(12(10)18)9-6-5-8-15(2)3/h10H,4-9H2,1-3H3,(H,14,17,19). The number of nitrogens with one attached hydrogen (secondary N) is 1. The molecule has 6 nitrogen and oxygen atoms in total. The minimum absolute atomic E-state index is 0.347. The van der Waals surface area contributed by atoms with E-state index in [9.17, 15) is 14.4 Å². The van der Waals surface area contributed by atoms with Crippen molar-refractivity contribution in [3.05, 3.63) is 0 Å². The summed E-state index contributed by atoms with van der Waals surface area (Å²) in [7, 11) is 3.96. The second kappa shape index (κ2) is 7.23. The maximum absolute atomic E-state index is 12.1. The van der Waals surface area contributed by atoms with Gasteiger partial charge in [0.25, 0.3) is 0 Å². The summed E-state index contributed by atoms with van der Waals surface area (Å²) < 4.78 is 0. The van der Waals surface area contributed by atoms with Crippen molar-refractivity contribution < 1.29 is 14.4 Å². The normalized spacial score (nSPS) is 20.1. The molecule has 0 aromatic rings. The average molecular weight is 269 g/mol. The number of unbranched alkanes of at least 4 members (excludes halogenated alkanes) is 1. The van der Waals surface area contributed by atoms with Crippen LogP contribution in [0.25, 0.3) is 0 Å². The van der Waals surface area contributed by atoms with E-state index < -0.39 is 17.9 Å². The molecule has 1 rings (SSSR count). The number of rotatable bonds is 7. The molecule has 0 aromatic carbocycles. The van der Waals surface area contributed by atoms with Crippen molar-refractivity contribution in [2.45, 2.75) is 32.6 Å². The molecule has 0 aromatic heterocycles. The van der Waals surface area contributed by atoms with Gasteiger partial charge in [0, 0.05) is 6.54 Å². The van der Waals surface area contributed by atoms with E-state index in [1.54, 1.807) is 0 Å². The number of nitrogens with zero attached hydrogens (tertiary/aromatic N) is 2. The van der Waals surface area contributed by atoms with E-state index in [1.165, 1.54) is 4.90 Å². The van der Waals surface area contributed by atoms with E-state index in [1.807, 2.05) is 21.0 Å². The highest BCUT2D eigenvalue weighted by Gasteiger charge is 2.39. The van der Waals surface area contributed by atoms with Crippen LogP contribution < -0.4 is 5.32 Å². The molecular formula is C13H23N3O3. The summed E-state index contributed by atoms with van der Waals surface area (Å²) in [5.74, 6) is -1.50. The molecule has 0 saturated carbocycles. The van der Waals surface area contributed by atoms with Crippen LogP contribution in [0, 0.1) is 5.92 Å². The smallest absolute Gasteiger partial charge is 0.309 e. The highest BCUT2D eigenvalue weighted by molar-refractivity contribution is 6.16. The predicted molar refractivity (Wildman–Crippen MR) is 71.4 cm³/mol. The van der Waals surface area contributed by atoms with Crippen molar-refractivity contribution in [2.75, 3.05) is 27.2 Å². The molecule has 0 aliphatic carbocycles. The Labute approximate surface area is 114 Å². The van der Waals surface area contributed by atoms with Gasteiger partial charge in [-0.15, -0.1) is 0 Å². The fourth-order valence-corrected chi connectivity index (χ4v) is 2.11. The highest BCUT2D eigenvalue weighted by atomic mass is 16.2. The molecule has 1 N–H and O–H groups in total. The Morgan fingerprint density at radius 1 is 1.21 bits per heavy atom. The summed E-state index contributed by atoms with van der Waals surface area (Å²) in [5, 5.41) is 2.26. The van der Waals surface area contributed by atoms with Crippen LogP contribution in [0.15, 0.2) is 0 Å². The second-order valence-corrected chi connectivity index (χ2v) is 5.14. The number of hydrogen-bond acceptors (Lipinski definition) is 4. The zero-order chi connectivity index (χ0) is 14.4. The quantitative estimate of drug-likeness (QED) is 0.549. The fraction of sp³-hybridized carbons (Fsp3) is 0.769. The van der Waals surface area contributed by atoms with Crippen molar-refractivity contribution in [2.24, 2.45) is 5.92 Å². The van der Waals surface area contributed by atoms with Crippen LogP contribution in [0.5, 0.6) is 0 Å². The molecule has 0 bridgehead atoms. The summed E-state index contributed by atoms with van der Waals surface area (Å²) in [6.07, 6.45) is 2.90. The molecule has 1 saturated heterocycles. The molecule has 1 heterocycles. The Bertz CT molecular complexity index is 355. The van der Waals surface area contributed by atoms with Crippen molar-refractivity contribution in [1.82, 2.24) is 15.1 Å². The van der Waals surface area contributed by atoms with Crippen LogP contribution in [-0.2, 0) is 9.59 Å². The lowest BCUT2D eigenvalue weighted by Crippen LogP contribution is -2.58. The van der Waals surface area contributed by atoms with Crippen molar-refractivity contribution in [3.8, 4) is 0 Å². The van der Waals surface area contributed by atoms with Gasteiger partial charge in [-0.2, -0.15) is 0 Å². The lowest BCUT2D eigenvalue weighted by Gasteiger charge is -2.30. The third-order valence-corrected chi connectivity index (χ3v) is 3.17. The Morgan fingerprint density at radius 2 is 1.89 bits per heavy atom. The van der Waals surface area contributed by atoms with Crippen molar-refractivity contribution in [3.63, 3.8) is 0 Å². The van der Waals surface area contributed by atoms with Gasteiger partial charge in [-0.3, -0.25) is 19.8 Å². The first-order valence-corrected chi connectivity index (χ1v) is 6.78. The third kappa shape index (κ3) is 4.31. The number of carbonyl (C=O) groups is 3. The van der Waals surface area contributed by atoms with Crippen LogP contribution in [0.2, 0.25) is 0 Å². The maximum atomic E-state index is 12.1. The highest BCUT2D eigenvalue weighted by Crippen LogP contribution is 2.16. The van der Waals surface area contributed by atoms with Gasteiger partial charge in [0.2, 0.25) is 11.8 Å². The summed E-state index contributed by atoms with van der Waals surface area (Å²) in [6, 6.07) is -0.577. The van der Waals surface area contributed by atoms with E-state index in [2.05, 4.69) is 10.2 Å². The van der Waals surface area contributed by atoms with Crippen LogP contribution in [-0.4, -0.2) is 54.8 Å². The van der Waals surface area contributed by atoms with Crippen molar-refractivity contribution in [1.29, 1.82) is 0 Å². The van der Waals surface area contributed by atoms with Gasteiger partial charge in [0.05, 0.1) is 0 Å². The first-order chi connectivity index (χ1) is 8.97. The fourth-order valence-electron chi connectivity index (χ4n) is 2.11. The molecule has 1 aliphatic rings. The zero-order valence-electron chi connectivity index (χ0n) is 11.9. The van der Waals surface area contributed by atoms with Gasteiger partial charge < -0.3 is 4.90 Å². The molecule has 1 atom stereocenters. The number of carbonyl (C=O) groups excluding carboxylic acids is 3. The molecular weight excluding hydrogens is 246 g/mol. The maximum Gasteiger partial charge on any atom is 0.330 e. The van der Waals surface area contributed by atoms with Gasteiger partial charge in [-0.25, -0.2) is 4.79 Å². The largest absolute Gasteiger partial charge is 0.330 e. The first-order valence-electron chi connectivity index (χ1n) is 6.78. The molecule has 19 heavy (non-hydrogen) atoms. The lowest BCUT2D eigenvalue weighted by molar-refractivity contribution is -0.142. The Balaban J connectivity index is 2.53. The number of hydrogen-bond donors (Lipinski definition) is 1. The third-order valence-electron chi connectivity index (χ3n) is 3.17. The van der Waals surface area contributed by atoms with Gasteiger partial charge in [0.1, 0.15) is 5.92 Å². The number of barbiturate groups is 1. The molecule has 108 valence electrons. The van der Waals surface area contributed by atoms with Gasteiger partial charge in [-0.05, 0) is 39.9 Å². The van der Waals surface area contributed by atoms with Gasteiger partial charge >= 0.3 is 6.03 Å². The SMILES string of the molecule is CCCC1C(=O)NC(=O)N(CCCCN(C)C)C1=O. The molecule has 1 unspecified atom stereocenters. The zero-order valence-corrected chi connectivity index (χ0v) is 11.9. The van der Waals surface area contributed by atoms with Crippen LogP contribution in [0.4, 0.5) is 4.79 Å². The van der Waals surface area contributed by atoms with E-state index in [0.717, 1.165) is 25.8 Å². The molecule has 0 radical (unpaired) electrons. The molecule has 1 fully saturated rings. The molecule has 4 amide bonds. The van der Waals surface area contributed by atoms with E-state index in [4.69, 9.17) is 0 Å². The summed E-state index contributed by atoms with van der Waals surface area (Å²) in [4.78, 5) is 38.6. The molecule has 0 spiro atoms. The summed E-state index contributed by atoms with van der Waals surface area (Å²) >= 11 is 0. The predicted octanol–water partition coefficient (Wildman–Crippen LogP) is 0.823. The Hall–Kier alpha value is -1.43. The van der Waals surface area contributed by atoms with Gasteiger partial charge in [0.15, 0.2) is 0 Å². The van der Waals surface area contributed by atoms with Gasteiger partial charge in [-0.1, -0.05) is 13.3 Å². The van der Waals surface area contributed by atoms with Crippen LogP contribution in [0.3, 0.4) is 0 Å². The number of urea groups is 1. The summed E-state index contributed by atoms with van der Waals surface area (Å²) in [6.45, 7) is 3.21. The van der Waals surface area contributed by atoms with E-state index in [0.29, 0.717) is 13.0 Å². The average Bonchev–Trinajstić information content (AvgIpc) is 2.33. The Morgan fingerprint density at radius 3 is 2.47 bits per heavy atom. The van der Waals surface area contributed by atoms with E-state index in [-0.39, 0.29) is 5.91 Å². The summed E-state index contributed by atoms with van der Waals surface area (Å²) in [5.41, 5.74) is 0. The second-order valence-electron chi connectivity index (χ2n) is 5.14. The number of imide groups is 2. The molecule has 1 aliphatic heterocycles. The Kier molecular flexibility index (Phi) is 5.95. The van der Waals surface area contributed by atoms with Crippen LogP contribution in [0.1, 0.15) is 32.6 Å². The van der Waals surface area contributed by atoms with Crippen LogP contribution >= 0.6 is 0 Å². The van der Waals surface area contributed by atoms with Crippen molar-refractivity contribution >= 4 is 17.8 Å². The molecule has 6 heteroatoms. The topological polar surface area (TPSA) is 69.7 Å². The monoisotopic (exact) mass is 269 g/mol. The minimum atomic E-state index is -0.698. The van der Waals surface area contributed by atoms with E-state index >= 15 is 0 Å². The first kappa shape index (κ1) is 15.6. The number of amides is 4. The lowest BCUT2D eigenvalue weighted by atomic mass is 9.99.